The smallest absolute Gasteiger partial charge is 0.0669 e. The summed E-state index contributed by atoms with van der Waals surface area (Å²) in [5, 5.41) is 7.78. The van der Waals surface area contributed by atoms with E-state index < -0.39 is 0 Å². The topological polar surface area (TPSA) is 29.9 Å². The summed E-state index contributed by atoms with van der Waals surface area (Å²) in [6.45, 7) is 6.60. The molecule has 0 spiro atoms. The molecule has 2 heterocycles. The van der Waals surface area contributed by atoms with E-state index in [1.807, 2.05) is 6.20 Å². The molecule has 2 rings (SSSR count). The Morgan fingerprint density at radius 3 is 3.08 bits per heavy atom. The Hall–Kier alpha value is -0.830. The molecule has 1 aliphatic heterocycles. The highest BCUT2D eigenvalue weighted by molar-refractivity contribution is 5.01. The summed E-state index contributed by atoms with van der Waals surface area (Å²) in [4.78, 5) is 0. The van der Waals surface area contributed by atoms with Crippen molar-refractivity contribution in [3.05, 3.63) is 18.0 Å². The molecule has 0 radical (unpaired) electrons. The van der Waals surface area contributed by atoms with E-state index >= 15 is 0 Å². The second-order valence-electron chi connectivity index (χ2n) is 4.04. The number of aromatic nitrogens is 2. The molecule has 0 amide bonds. The van der Waals surface area contributed by atoms with Gasteiger partial charge in [-0.05, 0) is 31.4 Å². The lowest BCUT2D eigenvalue weighted by Gasteiger charge is -2.29. The molecule has 3 nitrogen and oxygen atoms in total. The first-order valence-corrected chi connectivity index (χ1v) is 4.99. The maximum absolute atomic E-state index is 4.37. The number of nitrogens with zero attached hydrogens (tertiary/aromatic N) is 2. The number of nitrogens with one attached hydrogen (secondary N) is 1. The molecule has 0 saturated carbocycles. The van der Waals surface area contributed by atoms with Gasteiger partial charge < -0.3 is 5.32 Å². The largest absolute Gasteiger partial charge is 0.315 e. The van der Waals surface area contributed by atoms with Gasteiger partial charge in [0, 0.05) is 12.7 Å². The molecule has 1 aromatic rings. The number of piperidine rings is 1. The van der Waals surface area contributed by atoms with Crippen molar-refractivity contribution in [3.63, 3.8) is 0 Å². The maximum Gasteiger partial charge on any atom is 0.0669 e. The molecule has 1 N–H and O–H groups in total. The normalized spacial score (nSPS) is 29.1. The third kappa shape index (κ3) is 1.75. The van der Waals surface area contributed by atoms with Gasteiger partial charge in [-0.25, -0.2) is 0 Å². The molecule has 2 atom stereocenters. The van der Waals surface area contributed by atoms with E-state index in [2.05, 4.69) is 35.1 Å². The molecular weight excluding hydrogens is 162 g/mol. The fraction of sp³-hybridized carbons (Fsp3) is 0.700. The molecule has 0 bridgehead atoms. The molecule has 13 heavy (non-hydrogen) atoms. The first kappa shape index (κ1) is 8.75. The van der Waals surface area contributed by atoms with Crippen molar-refractivity contribution < 1.29 is 0 Å². The quantitative estimate of drug-likeness (QED) is 0.705. The van der Waals surface area contributed by atoms with Crippen molar-refractivity contribution in [1.29, 1.82) is 0 Å². The summed E-state index contributed by atoms with van der Waals surface area (Å²) < 4.78 is 2.10. The van der Waals surface area contributed by atoms with E-state index in [0.717, 1.165) is 19.0 Å². The Morgan fingerprint density at radius 2 is 2.46 bits per heavy atom. The van der Waals surface area contributed by atoms with Crippen LogP contribution in [0.4, 0.5) is 0 Å². The van der Waals surface area contributed by atoms with Crippen molar-refractivity contribution in [2.24, 2.45) is 5.92 Å². The highest BCUT2D eigenvalue weighted by Gasteiger charge is 2.22. The van der Waals surface area contributed by atoms with Crippen molar-refractivity contribution in [2.45, 2.75) is 26.3 Å². The number of hydrogen-bond donors (Lipinski definition) is 1. The van der Waals surface area contributed by atoms with Gasteiger partial charge in [0.2, 0.25) is 0 Å². The van der Waals surface area contributed by atoms with Crippen molar-refractivity contribution in [1.82, 2.24) is 15.1 Å². The first-order chi connectivity index (χ1) is 6.27. The summed E-state index contributed by atoms with van der Waals surface area (Å²) >= 11 is 0. The van der Waals surface area contributed by atoms with Gasteiger partial charge in [0.1, 0.15) is 0 Å². The molecule has 72 valence electrons. The summed E-state index contributed by atoms with van der Waals surface area (Å²) in [5.41, 5.74) is 1.25. The monoisotopic (exact) mass is 179 g/mol. The fourth-order valence-electron chi connectivity index (χ4n) is 1.94. The van der Waals surface area contributed by atoms with Crippen LogP contribution in [0.25, 0.3) is 0 Å². The Morgan fingerprint density at radius 1 is 1.62 bits per heavy atom. The zero-order chi connectivity index (χ0) is 9.26. The SMILES string of the molecule is Cc1cnn(C2CNCCC2C)c1. The third-order valence-electron chi connectivity index (χ3n) is 2.86. The van der Waals surface area contributed by atoms with Crippen LogP contribution in [0, 0.1) is 12.8 Å². The minimum atomic E-state index is 0.544. The third-order valence-corrected chi connectivity index (χ3v) is 2.86. The van der Waals surface area contributed by atoms with E-state index in [0.29, 0.717) is 6.04 Å². The van der Waals surface area contributed by atoms with E-state index in [-0.39, 0.29) is 0 Å². The zero-order valence-electron chi connectivity index (χ0n) is 8.33. The fourth-order valence-corrected chi connectivity index (χ4v) is 1.94. The summed E-state index contributed by atoms with van der Waals surface area (Å²) in [5.74, 6) is 0.737. The van der Waals surface area contributed by atoms with Gasteiger partial charge in [0.05, 0.1) is 12.2 Å². The average Bonchev–Trinajstić information content (AvgIpc) is 2.53. The van der Waals surface area contributed by atoms with Crippen LogP contribution in [0.1, 0.15) is 24.9 Å². The van der Waals surface area contributed by atoms with E-state index in [9.17, 15) is 0 Å². The van der Waals surface area contributed by atoms with Crippen LogP contribution >= 0.6 is 0 Å². The Bertz CT molecular complexity index is 279. The highest BCUT2D eigenvalue weighted by atomic mass is 15.3. The lowest BCUT2D eigenvalue weighted by atomic mass is 9.95. The number of rotatable bonds is 1. The second-order valence-corrected chi connectivity index (χ2v) is 4.04. The van der Waals surface area contributed by atoms with E-state index in [1.54, 1.807) is 0 Å². The minimum absolute atomic E-state index is 0.544. The molecule has 1 fully saturated rings. The zero-order valence-corrected chi connectivity index (χ0v) is 8.33. The highest BCUT2D eigenvalue weighted by Crippen LogP contribution is 2.22. The van der Waals surface area contributed by atoms with Gasteiger partial charge in [-0.1, -0.05) is 6.92 Å². The van der Waals surface area contributed by atoms with Crippen molar-refractivity contribution in [3.8, 4) is 0 Å². The van der Waals surface area contributed by atoms with Crippen LogP contribution in [-0.4, -0.2) is 22.9 Å². The van der Waals surface area contributed by atoms with Gasteiger partial charge in [0.25, 0.3) is 0 Å². The first-order valence-electron chi connectivity index (χ1n) is 4.99. The van der Waals surface area contributed by atoms with E-state index in [4.69, 9.17) is 0 Å². The van der Waals surface area contributed by atoms with Crippen LogP contribution in [0.15, 0.2) is 12.4 Å². The van der Waals surface area contributed by atoms with Crippen molar-refractivity contribution in [2.75, 3.05) is 13.1 Å². The van der Waals surface area contributed by atoms with Gasteiger partial charge in [0.15, 0.2) is 0 Å². The van der Waals surface area contributed by atoms with Gasteiger partial charge >= 0.3 is 0 Å². The standard InChI is InChI=1S/C10H17N3/c1-8-5-12-13(7-8)10-6-11-4-3-9(10)2/h5,7,9-11H,3-4,6H2,1-2H3. The molecule has 1 aliphatic rings. The van der Waals surface area contributed by atoms with Crippen LogP contribution in [-0.2, 0) is 0 Å². The molecule has 3 heteroatoms. The van der Waals surface area contributed by atoms with Crippen LogP contribution in [0.5, 0.6) is 0 Å². The average molecular weight is 179 g/mol. The molecule has 0 aliphatic carbocycles. The lowest BCUT2D eigenvalue weighted by Crippen LogP contribution is -2.37. The van der Waals surface area contributed by atoms with Gasteiger partial charge in [-0.3, -0.25) is 4.68 Å². The molecule has 1 aromatic heterocycles. The van der Waals surface area contributed by atoms with Crippen LogP contribution in [0.2, 0.25) is 0 Å². The Labute approximate surface area is 79.1 Å². The number of aryl methyl sites for hydroxylation is 1. The summed E-state index contributed by atoms with van der Waals surface area (Å²) in [6, 6.07) is 0.544. The van der Waals surface area contributed by atoms with Crippen molar-refractivity contribution >= 4 is 0 Å². The predicted octanol–water partition coefficient (Wildman–Crippen LogP) is 1.36. The van der Waals surface area contributed by atoms with E-state index in [1.165, 1.54) is 12.0 Å². The Kier molecular flexibility index (Phi) is 2.36. The minimum Gasteiger partial charge on any atom is -0.315 e. The van der Waals surface area contributed by atoms with Crippen LogP contribution in [0.3, 0.4) is 0 Å². The summed E-state index contributed by atoms with van der Waals surface area (Å²) in [6.07, 6.45) is 5.32. The number of hydrogen-bond acceptors (Lipinski definition) is 2. The molecular formula is C10H17N3. The Balaban J connectivity index is 2.14. The molecule has 1 saturated heterocycles. The summed E-state index contributed by atoms with van der Waals surface area (Å²) in [7, 11) is 0. The second kappa shape index (κ2) is 3.50. The van der Waals surface area contributed by atoms with Gasteiger partial charge in [-0.2, -0.15) is 5.10 Å². The molecule has 2 unspecified atom stereocenters. The predicted molar refractivity (Wildman–Crippen MR) is 52.7 cm³/mol. The van der Waals surface area contributed by atoms with Gasteiger partial charge in [-0.15, -0.1) is 0 Å². The molecule has 0 aromatic carbocycles. The lowest BCUT2D eigenvalue weighted by molar-refractivity contribution is 0.256. The van der Waals surface area contributed by atoms with Crippen LogP contribution < -0.4 is 5.32 Å². The maximum atomic E-state index is 4.37.